The minimum atomic E-state index is -3.94. The highest BCUT2D eigenvalue weighted by molar-refractivity contribution is 7.89. The van der Waals surface area contributed by atoms with Crippen molar-refractivity contribution in [2.45, 2.75) is 11.8 Å². The molecule has 3 aromatic carbocycles. The van der Waals surface area contributed by atoms with Crippen molar-refractivity contribution in [2.24, 2.45) is 15.4 Å². The van der Waals surface area contributed by atoms with Crippen molar-refractivity contribution in [3.05, 3.63) is 54.1 Å². The molecule has 0 aliphatic carbocycles. The molecular weight excluding hydrogens is 342 g/mol. The number of azo groups is 1. The quantitative estimate of drug-likeness (QED) is 0.619. The summed E-state index contributed by atoms with van der Waals surface area (Å²) in [6, 6.07) is 13.0. The summed E-state index contributed by atoms with van der Waals surface area (Å²) < 4.78 is 22.9. The van der Waals surface area contributed by atoms with Gasteiger partial charge >= 0.3 is 0 Å². The minimum Gasteiger partial charge on any atom is -0.506 e. The highest BCUT2D eigenvalue weighted by Crippen LogP contribution is 2.37. The third-order valence-electron chi connectivity index (χ3n) is 3.72. The molecule has 0 bridgehead atoms. The number of aromatic hydroxyl groups is 2. The van der Waals surface area contributed by atoms with Gasteiger partial charge in [-0.15, -0.1) is 10.2 Å². The van der Waals surface area contributed by atoms with Gasteiger partial charge in [0.15, 0.2) is 5.75 Å². The van der Waals surface area contributed by atoms with Gasteiger partial charge in [0, 0.05) is 11.5 Å². The van der Waals surface area contributed by atoms with Gasteiger partial charge in [-0.2, -0.15) is 0 Å². The number of aryl methyl sites for hydroxylation is 1. The third-order valence-corrected chi connectivity index (χ3v) is 4.78. The molecule has 0 aliphatic heterocycles. The highest BCUT2D eigenvalue weighted by atomic mass is 32.2. The lowest BCUT2D eigenvalue weighted by atomic mass is 10.1. The van der Waals surface area contributed by atoms with E-state index in [0.29, 0.717) is 10.9 Å². The Balaban J connectivity index is 2.03. The predicted molar refractivity (Wildman–Crippen MR) is 94.0 cm³/mol. The second-order valence-electron chi connectivity index (χ2n) is 5.51. The van der Waals surface area contributed by atoms with Crippen molar-refractivity contribution < 1.29 is 18.6 Å². The maximum atomic E-state index is 11.4. The second kappa shape index (κ2) is 6.15. The smallest absolute Gasteiger partial charge is 0.238 e. The van der Waals surface area contributed by atoms with Gasteiger partial charge in [0.1, 0.15) is 17.1 Å². The Morgan fingerprint density at radius 3 is 2.36 bits per heavy atom. The Hall–Kier alpha value is -2.97. The van der Waals surface area contributed by atoms with Crippen LogP contribution >= 0.6 is 0 Å². The van der Waals surface area contributed by atoms with E-state index in [9.17, 15) is 18.6 Å². The maximum absolute atomic E-state index is 11.4. The van der Waals surface area contributed by atoms with Gasteiger partial charge in [-0.1, -0.05) is 30.3 Å². The topological polar surface area (TPSA) is 125 Å². The van der Waals surface area contributed by atoms with Gasteiger partial charge in [-0.3, -0.25) is 0 Å². The van der Waals surface area contributed by atoms with Crippen molar-refractivity contribution >= 4 is 32.2 Å². The zero-order valence-electron chi connectivity index (χ0n) is 13.2. The molecule has 0 radical (unpaired) electrons. The van der Waals surface area contributed by atoms with E-state index in [1.165, 1.54) is 13.0 Å². The fourth-order valence-corrected chi connectivity index (χ4v) is 3.26. The summed E-state index contributed by atoms with van der Waals surface area (Å²) in [5.41, 5.74) is 0.626. The van der Waals surface area contributed by atoms with Crippen LogP contribution in [0.3, 0.4) is 0 Å². The van der Waals surface area contributed by atoms with E-state index in [0.717, 1.165) is 11.5 Å². The molecule has 0 atom stereocenters. The van der Waals surface area contributed by atoms with Gasteiger partial charge < -0.3 is 10.2 Å². The van der Waals surface area contributed by atoms with Crippen LogP contribution in [0.1, 0.15) is 5.56 Å². The molecule has 25 heavy (non-hydrogen) atoms. The molecule has 0 saturated carbocycles. The summed E-state index contributed by atoms with van der Waals surface area (Å²) in [5, 5.41) is 34.7. The molecule has 7 nitrogen and oxygen atoms in total. The largest absolute Gasteiger partial charge is 0.506 e. The second-order valence-corrected chi connectivity index (χ2v) is 7.04. The van der Waals surface area contributed by atoms with Crippen LogP contribution in [0.25, 0.3) is 10.8 Å². The number of primary sulfonamides is 1. The van der Waals surface area contributed by atoms with E-state index in [1.54, 1.807) is 24.3 Å². The molecule has 0 fully saturated rings. The average Bonchev–Trinajstić information content (AvgIpc) is 2.56. The van der Waals surface area contributed by atoms with Crippen LogP contribution in [0.4, 0.5) is 11.4 Å². The fraction of sp³-hybridized carbons (Fsp3) is 0.0588. The van der Waals surface area contributed by atoms with E-state index in [2.05, 4.69) is 10.2 Å². The molecule has 0 amide bonds. The molecule has 0 unspecified atom stereocenters. The van der Waals surface area contributed by atoms with Crippen LogP contribution in [0.5, 0.6) is 11.5 Å². The molecule has 0 heterocycles. The Kier molecular flexibility index (Phi) is 4.15. The standard InChI is InChI=1S/C17H15N3O4S/c1-10-8-14(15(21)9-16(10)25(18,23)24)20-19-13-7-6-11-4-2-3-5-12(11)17(13)22/h2-9,21-22H,1H3,(H2,18,23,24). The Labute approximate surface area is 144 Å². The average molecular weight is 357 g/mol. The van der Waals surface area contributed by atoms with Crippen LogP contribution in [0.2, 0.25) is 0 Å². The lowest BCUT2D eigenvalue weighted by Gasteiger charge is -2.06. The van der Waals surface area contributed by atoms with Gasteiger partial charge in [-0.05, 0) is 30.0 Å². The summed E-state index contributed by atoms with van der Waals surface area (Å²) in [6.07, 6.45) is 0. The van der Waals surface area contributed by atoms with Crippen LogP contribution in [0, 0.1) is 6.92 Å². The molecule has 0 spiro atoms. The summed E-state index contributed by atoms with van der Waals surface area (Å²) >= 11 is 0. The Morgan fingerprint density at radius 1 is 0.960 bits per heavy atom. The molecule has 128 valence electrons. The summed E-state index contributed by atoms with van der Waals surface area (Å²) in [7, 11) is -3.94. The maximum Gasteiger partial charge on any atom is 0.238 e. The monoisotopic (exact) mass is 357 g/mol. The van der Waals surface area contributed by atoms with Crippen LogP contribution in [-0.4, -0.2) is 18.6 Å². The Morgan fingerprint density at radius 2 is 1.64 bits per heavy atom. The predicted octanol–water partition coefficient (Wildman–Crippen LogP) is 3.62. The zero-order valence-corrected chi connectivity index (χ0v) is 14.0. The fourth-order valence-electron chi connectivity index (χ4n) is 2.48. The molecule has 0 aromatic heterocycles. The molecule has 0 saturated heterocycles. The van der Waals surface area contributed by atoms with Crippen LogP contribution in [-0.2, 0) is 10.0 Å². The number of hydrogen-bond acceptors (Lipinski definition) is 6. The first kappa shape index (κ1) is 16.9. The van der Waals surface area contributed by atoms with Gasteiger partial charge in [0.25, 0.3) is 0 Å². The van der Waals surface area contributed by atoms with Crippen molar-refractivity contribution in [1.82, 2.24) is 0 Å². The highest BCUT2D eigenvalue weighted by Gasteiger charge is 2.15. The first-order chi connectivity index (χ1) is 11.8. The first-order valence-electron chi connectivity index (χ1n) is 7.26. The number of fused-ring (bicyclic) bond motifs is 1. The van der Waals surface area contributed by atoms with E-state index >= 15 is 0 Å². The molecule has 0 aliphatic rings. The van der Waals surface area contributed by atoms with Gasteiger partial charge in [0.2, 0.25) is 10.0 Å². The molecule has 8 heteroatoms. The number of phenolic OH excluding ortho intramolecular Hbond substituents is 2. The molecular formula is C17H15N3O4S. The van der Waals surface area contributed by atoms with Crippen molar-refractivity contribution in [3.63, 3.8) is 0 Å². The lowest BCUT2D eigenvalue weighted by molar-refractivity contribution is 0.473. The van der Waals surface area contributed by atoms with Crippen molar-refractivity contribution in [1.29, 1.82) is 0 Å². The molecule has 4 N–H and O–H groups in total. The normalized spacial score (nSPS) is 12.1. The summed E-state index contributed by atoms with van der Waals surface area (Å²) in [4.78, 5) is -0.183. The minimum absolute atomic E-state index is 0.0285. The summed E-state index contributed by atoms with van der Waals surface area (Å²) in [6.45, 7) is 1.53. The Bertz CT molecular complexity index is 1110. The number of hydrogen-bond donors (Lipinski definition) is 3. The third kappa shape index (κ3) is 3.30. The number of nitrogens with zero attached hydrogens (tertiary/aromatic N) is 2. The van der Waals surface area contributed by atoms with Gasteiger partial charge in [-0.25, -0.2) is 13.6 Å². The van der Waals surface area contributed by atoms with Crippen molar-refractivity contribution in [3.8, 4) is 11.5 Å². The number of benzene rings is 3. The van der Waals surface area contributed by atoms with E-state index < -0.39 is 10.0 Å². The number of rotatable bonds is 3. The first-order valence-corrected chi connectivity index (χ1v) is 8.81. The summed E-state index contributed by atoms with van der Waals surface area (Å²) in [5.74, 6) is -0.405. The van der Waals surface area contributed by atoms with E-state index in [1.807, 2.05) is 12.1 Å². The van der Waals surface area contributed by atoms with E-state index in [-0.39, 0.29) is 27.8 Å². The van der Waals surface area contributed by atoms with Crippen molar-refractivity contribution in [2.75, 3.05) is 0 Å². The number of phenols is 2. The number of sulfonamides is 1. The lowest BCUT2D eigenvalue weighted by Crippen LogP contribution is -2.13. The molecule has 3 aromatic rings. The molecule has 3 rings (SSSR count). The van der Waals surface area contributed by atoms with E-state index in [4.69, 9.17) is 5.14 Å². The number of nitrogens with two attached hydrogens (primary N) is 1. The van der Waals surface area contributed by atoms with Crippen LogP contribution < -0.4 is 5.14 Å². The van der Waals surface area contributed by atoms with Gasteiger partial charge in [0.05, 0.1) is 4.90 Å². The zero-order chi connectivity index (χ0) is 18.2. The van der Waals surface area contributed by atoms with Crippen LogP contribution in [0.15, 0.2) is 63.7 Å². The SMILES string of the molecule is Cc1cc(N=Nc2ccc3ccccc3c2O)c(O)cc1S(N)(=O)=O.